The molecule has 0 aliphatic rings. The van der Waals surface area contributed by atoms with E-state index < -0.39 is 0 Å². The minimum Gasteiger partial charge on any atom is -0.309 e. The first kappa shape index (κ1) is 15.1. The third-order valence-electron chi connectivity index (χ3n) is 3.67. The van der Waals surface area contributed by atoms with E-state index in [1.54, 1.807) is 11.8 Å². The maximum Gasteiger partial charge on any atom is 0.0574 e. The lowest BCUT2D eigenvalue weighted by Crippen LogP contribution is -2.17. The molecule has 20 heavy (non-hydrogen) atoms. The molecule has 0 aromatic heterocycles. The predicted molar refractivity (Wildman–Crippen MR) is 89.7 cm³/mol. The summed E-state index contributed by atoms with van der Waals surface area (Å²) in [5.41, 5.74) is 4.01. The van der Waals surface area contributed by atoms with Crippen molar-refractivity contribution in [2.75, 3.05) is 13.3 Å². The van der Waals surface area contributed by atoms with Crippen LogP contribution in [0.4, 0.5) is 0 Å². The van der Waals surface area contributed by atoms with E-state index in [9.17, 15) is 0 Å². The van der Waals surface area contributed by atoms with Crippen LogP contribution in [0.5, 0.6) is 0 Å². The molecule has 0 bridgehead atoms. The predicted octanol–water partition coefficient (Wildman–Crippen LogP) is 4.84. The fraction of sp³-hybridized carbons (Fsp3) is 0.333. The molecular formula is C18H23NS. The van der Waals surface area contributed by atoms with Gasteiger partial charge in [0.15, 0.2) is 0 Å². The van der Waals surface area contributed by atoms with Crippen LogP contribution in [0, 0.1) is 0 Å². The van der Waals surface area contributed by atoms with E-state index >= 15 is 0 Å². The van der Waals surface area contributed by atoms with Gasteiger partial charge in [-0.05, 0) is 48.0 Å². The average Bonchev–Trinajstić information content (AvgIpc) is 2.49. The Bertz CT molecular complexity index is 528. The van der Waals surface area contributed by atoms with Crippen molar-refractivity contribution >= 4 is 11.8 Å². The zero-order valence-electron chi connectivity index (χ0n) is 12.7. The highest BCUT2D eigenvalue weighted by molar-refractivity contribution is 7.98. The van der Waals surface area contributed by atoms with Gasteiger partial charge in [-0.25, -0.2) is 0 Å². The Morgan fingerprint density at radius 2 is 1.25 bits per heavy atom. The maximum absolute atomic E-state index is 3.41. The number of hydrogen-bond acceptors (Lipinski definition) is 2. The second-order valence-electron chi connectivity index (χ2n) is 5.32. The molecule has 106 valence electrons. The van der Waals surface area contributed by atoms with Gasteiger partial charge >= 0.3 is 0 Å². The van der Waals surface area contributed by atoms with Gasteiger partial charge in [-0.1, -0.05) is 50.2 Å². The third kappa shape index (κ3) is 3.44. The highest BCUT2D eigenvalue weighted by atomic mass is 32.2. The summed E-state index contributed by atoms with van der Waals surface area (Å²) in [5.74, 6) is 0.581. The zero-order chi connectivity index (χ0) is 14.5. The van der Waals surface area contributed by atoms with Gasteiger partial charge in [-0.2, -0.15) is 0 Å². The Labute approximate surface area is 126 Å². The van der Waals surface area contributed by atoms with Gasteiger partial charge in [-0.15, -0.1) is 11.8 Å². The summed E-state index contributed by atoms with van der Waals surface area (Å²) in [5, 5.41) is 3.41. The van der Waals surface area contributed by atoms with E-state index in [4.69, 9.17) is 0 Å². The standard InChI is InChI=1S/C18H23NS/c1-13(2)14-5-7-15(8-6-14)18(19-3)16-9-11-17(20-4)12-10-16/h5-13,18-19H,1-4H3. The number of nitrogens with one attached hydrogen (secondary N) is 1. The largest absolute Gasteiger partial charge is 0.309 e. The van der Waals surface area contributed by atoms with Gasteiger partial charge < -0.3 is 5.32 Å². The number of thioether (sulfide) groups is 1. The van der Waals surface area contributed by atoms with Crippen molar-refractivity contribution in [1.82, 2.24) is 5.32 Å². The van der Waals surface area contributed by atoms with E-state index in [1.165, 1.54) is 21.6 Å². The van der Waals surface area contributed by atoms with Gasteiger partial charge in [0, 0.05) is 4.90 Å². The molecule has 0 radical (unpaired) electrons. The lowest BCUT2D eigenvalue weighted by molar-refractivity contribution is 0.690. The monoisotopic (exact) mass is 285 g/mol. The fourth-order valence-electron chi connectivity index (χ4n) is 2.40. The minimum absolute atomic E-state index is 0.257. The Hall–Kier alpha value is -1.25. The highest BCUT2D eigenvalue weighted by Crippen LogP contribution is 2.25. The molecule has 1 atom stereocenters. The molecule has 2 heteroatoms. The fourth-order valence-corrected chi connectivity index (χ4v) is 2.80. The lowest BCUT2D eigenvalue weighted by Gasteiger charge is -2.18. The van der Waals surface area contributed by atoms with Crippen molar-refractivity contribution in [3.63, 3.8) is 0 Å². The molecule has 0 spiro atoms. The van der Waals surface area contributed by atoms with Crippen molar-refractivity contribution in [2.45, 2.75) is 30.7 Å². The van der Waals surface area contributed by atoms with E-state index in [1.807, 2.05) is 7.05 Å². The molecule has 1 N–H and O–H groups in total. The molecule has 0 amide bonds. The van der Waals surface area contributed by atoms with Crippen molar-refractivity contribution in [2.24, 2.45) is 0 Å². The van der Waals surface area contributed by atoms with Crippen LogP contribution in [0.1, 0.15) is 42.5 Å². The van der Waals surface area contributed by atoms with Gasteiger partial charge in [-0.3, -0.25) is 0 Å². The van der Waals surface area contributed by atoms with Crippen molar-refractivity contribution in [3.8, 4) is 0 Å². The van der Waals surface area contributed by atoms with Crippen LogP contribution in [0.3, 0.4) is 0 Å². The molecule has 2 aromatic rings. The molecule has 0 fully saturated rings. The van der Waals surface area contributed by atoms with E-state index in [2.05, 4.69) is 74.0 Å². The summed E-state index contributed by atoms with van der Waals surface area (Å²) in [7, 11) is 2.02. The smallest absolute Gasteiger partial charge is 0.0574 e. The van der Waals surface area contributed by atoms with Crippen LogP contribution >= 0.6 is 11.8 Å². The Morgan fingerprint density at radius 3 is 1.65 bits per heavy atom. The van der Waals surface area contributed by atoms with Crippen molar-refractivity contribution in [1.29, 1.82) is 0 Å². The quantitative estimate of drug-likeness (QED) is 0.789. The second kappa shape index (κ2) is 6.96. The number of benzene rings is 2. The van der Waals surface area contributed by atoms with E-state index in [0.717, 1.165) is 0 Å². The summed E-state index contributed by atoms with van der Waals surface area (Å²) >= 11 is 1.78. The first-order chi connectivity index (χ1) is 9.65. The van der Waals surface area contributed by atoms with Crippen molar-refractivity contribution < 1.29 is 0 Å². The summed E-state index contributed by atoms with van der Waals surface area (Å²) < 4.78 is 0. The van der Waals surface area contributed by atoms with Crippen LogP contribution in [0.2, 0.25) is 0 Å². The number of hydrogen-bond donors (Lipinski definition) is 1. The molecule has 0 aliphatic heterocycles. The molecule has 0 saturated heterocycles. The Balaban J connectivity index is 2.26. The molecular weight excluding hydrogens is 262 g/mol. The van der Waals surface area contributed by atoms with E-state index in [-0.39, 0.29) is 6.04 Å². The molecule has 1 unspecified atom stereocenters. The van der Waals surface area contributed by atoms with Crippen LogP contribution in [-0.2, 0) is 0 Å². The number of rotatable bonds is 5. The topological polar surface area (TPSA) is 12.0 Å². The zero-order valence-corrected chi connectivity index (χ0v) is 13.5. The second-order valence-corrected chi connectivity index (χ2v) is 6.20. The first-order valence-corrected chi connectivity index (χ1v) is 8.29. The van der Waals surface area contributed by atoms with Crippen LogP contribution < -0.4 is 5.32 Å². The van der Waals surface area contributed by atoms with Crippen LogP contribution in [-0.4, -0.2) is 13.3 Å². The van der Waals surface area contributed by atoms with E-state index in [0.29, 0.717) is 5.92 Å². The molecule has 0 heterocycles. The summed E-state index contributed by atoms with van der Waals surface area (Å²) in [6.45, 7) is 4.46. The van der Waals surface area contributed by atoms with Gasteiger partial charge in [0.25, 0.3) is 0 Å². The molecule has 0 aliphatic carbocycles. The Kier molecular flexibility index (Phi) is 5.27. The molecule has 0 saturated carbocycles. The Morgan fingerprint density at radius 1 is 0.800 bits per heavy atom. The molecule has 2 aromatic carbocycles. The summed E-state index contributed by atoms with van der Waals surface area (Å²) in [4.78, 5) is 1.30. The molecule has 1 nitrogen and oxygen atoms in total. The minimum atomic E-state index is 0.257. The van der Waals surface area contributed by atoms with Gasteiger partial charge in [0.1, 0.15) is 0 Å². The average molecular weight is 285 g/mol. The third-order valence-corrected chi connectivity index (χ3v) is 4.42. The van der Waals surface area contributed by atoms with Gasteiger partial charge in [0.05, 0.1) is 6.04 Å². The maximum atomic E-state index is 3.41. The van der Waals surface area contributed by atoms with Crippen molar-refractivity contribution in [3.05, 3.63) is 65.2 Å². The van der Waals surface area contributed by atoms with Crippen LogP contribution in [0.25, 0.3) is 0 Å². The summed E-state index contributed by atoms with van der Waals surface area (Å²) in [6.07, 6.45) is 2.11. The normalized spacial score (nSPS) is 12.7. The first-order valence-electron chi connectivity index (χ1n) is 7.06. The van der Waals surface area contributed by atoms with Crippen LogP contribution in [0.15, 0.2) is 53.4 Å². The highest BCUT2D eigenvalue weighted by Gasteiger charge is 2.12. The molecule has 2 rings (SSSR count). The SMILES string of the molecule is CNC(c1ccc(SC)cc1)c1ccc(C(C)C)cc1. The lowest BCUT2D eigenvalue weighted by atomic mass is 9.95. The summed E-state index contributed by atoms with van der Waals surface area (Å²) in [6, 6.07) is 18.0. The van der Waals surface area contributed by atoms with Gasteiger partial charge in [0.2, 0.25) is 0 Å².